The Morgan fingerprint density at radius 1 is 0.962 bits per heavy atom. The first kappa shape index (κ1) is 18.6. The van der Waals surface area contributed by atoms with E-state index in [9.17, 15) is 8.42 Å². The molecule has 0 saturated carbocycles. The fourth-order valence-electron chi connectivity index (χ4n) is 3.15. The Morgan fingerprint density at radius 2 is 1.65 bits per heavy atom. The SMILES string of the molecule is Cc1ccc(S(=O)(=O)N2CCCN(Cc3ccc(C#N)cc3)CC2)cc1. The number of nitriles is 1. The van der Waals surface area contributed by atoms with Gasteiger partial charge in [0.15, 0.2) is 0 Å². The number of sulfonamides is 1. The average molecular weight is 369 g/mol. The zero-order chi connectivity index (χ0) is 18.6. The van der Waals surface area contributed by atoms with Crippen molar-refractivity contribution in [3.8, 4) is 6.07 Å². The number of benzene rings is 2. The van der Waals surface area contributed by atoms with Gasteiger partial charge in [-0.25, -0.2) is 8.42 Å². The first-order valence-corrected chi connectivity index (χ1v) is 10.2. The fraction of sp³-hybridized carbons (Fsp3) is 0.350. The van der Waals surface area contributed by atoms with Gasteiger partial charge in [-0.15, -0.1) is 0 Å². The van der Waals surface area contributed by atoms with Crippen LogP contribution in [-0.4, -0.2) is 43.8 Å². The summed E-state index contributed by atoms with van der Waals surface area (Å²) in [6, 6.07) is 16.7. The van der Waals surface area contributed by atoms with Gasteiger partial charge in [0.25, 0.3) is 0 Å². The minimum absolute atomic E-state index is 0.364. The highest BCUT2D eigenvalue weighted by molar-refractivity contribution is 7.89. The van der Waals surface area contributed by atoms with Crippen molar-refractivity contribution in [3.63, 3.8) is 0 Å². The van der Waals surface area contributed by atoms with E-state index in [0.29, 0.717) is 30.1 Å². The van der Waals surface area contributed by atoms with E-state index >= 15 is 0 Å². The van der Waals surface area contributed by atoms with Gasteiger partial charge in [-0.3, -0.25) is 4.90 Å². The van der Waals surface area contributed by atoms with E-state index in [4.69, 9.17) is 5.26 Å². The second kappa shape index (κ2) is 8.00. The lowest BCUT2D eigenvalue weighted by molar-refractivity contribution is 0.278. The monoisotopic (exact) mass is 369 g/mol. The topological polar surface area (TPSA) is 64.4 Å². The minimum atomic E-state index is -3.44. The maximum atomic E-state index is 12.9. The van der Waals surface area contributed by atoms with Crippen LogP contribution in [0.25, 0.3) is 0 Å². The minimum Gasteiger partial charge on any atom is -0.298 e. The van der Waals surface area contributed by atoms with Crippen molar-refractivity contribution < 1.29 is 8.42 Å². The van der Waals surface area contributed by atoms with Gasteiger partial charge >= 0.3 is 0 Å². The Balaban J connectivity index is 1.65. The number of hydrogen-bond acceptors (Lipinski definition) is 4. The maximum Gasteiger partial charge on any atom is 0.243 e. The summed E-state index contributed by atoms with van der Waals surface area (Å²) in [5.41, 5.74) is 2.84. The molecule has 1 heterocycles. The zero-order valence-corrected chi connectivity index (χ0v) is 15.7. The van der Waals surface area contributed by atoms with Crippen LogP contribution in [0.1, 0.15) is 23.1 Å². The van der Waals surface area contributed by atoms with E-state index in [-0.39, 0.29) is 0 Å². The lowest BCUT2D eigenvalue weighted by Crippen LogP contribution is -2.35. The van der Waals surface area contributed by atoms with Crippen LogP contribution in [0.15, 0.2) is 53.4 Å². The van der Waals surface area contributed by atoms with Gasteiger partial charge in [-0.2, -0.15) is 9.57 Å². The maximum absolute atomic E-state index is 12.9. The third-order valence-electron chi connectivity index (χ3n) is 4.70. The van der Waals surface area contributed by atoms with E-state index in [0.717, 1.165) is 30.6 Å². The summed E-state index contributed by atoms with van der Waals surface area (Å²) in [4.78, 5) is 2.63. The van der Waals surface area contributed by atoms with Crippen molar-refractivity contribution >= 4 is 10.0 Å². The smallest absolute Gasteiger partial charge is 0.243 e. The lowest BCUT2D eigenvalue weighted by atomic mass is 10.1. The van der Waals surface area contributed by atoms with Gasteiger partial charge in [0.2, 0.25) is 10.0 Å². The molecular formula is C20H23N3O2S. The summed E-state index contributed by atoms with van der Waals surface area (Å²) in [6.45, 7) is 5.31. The molecule has 0 N–H and O–H groups in total. The van der Waals surface area contributed by atoms with Crippen LogP contribution in [0.2, 0.25) is 0 Å². The van der Waals surface area contributed by atoms with Crippen molar-refractivity contribution in [2.24, 2.45) is 0 Å². The number of aryl methyl sites for hydroxylation is 1. The molecule has 0 aliphatic carbocycles. The van der Waals surface area contributed by atoms with Crippen LogP contribution in [0, 0.1) is 18.3 Å². The van der Waals surface area contributed by atoms with Crippen molar-refractivity contribution in [1.29, 1.82) is 5.26 Å². The molecule has 0 unspecified atom stereocenters. The zero-order valence-electron chi connectivity index (χ0n) is 14.9. The molecule has 2 aromatic carbocycles. The van der Waals surface area contributed by atoms with Crippen molar-refractivity contribution in [2.45, 2.75) is 24.8 Å². The summed E-state index contributed by atoms with van der Waals surface area (Å²) in [7, 11) is -3.44. The molecule has 1 fully saturated rings. The number of hydrogen-bond donors (Lipinski definition) is 0. The highest BCUT2D eigenvalue weighted by atomic mass is 32.2. The molecule has 6 heteroatoms. The van der Waals surface area contributed by atoms with Gasteiger partial charge in [0.05, 0.1) is 16.5 Å². The van der Waals surface area contributed by atoms with E-state index < -0.39 is 10.0 Å². The standard InChI is InChI=1S/C20H23N3O2S/c1-17-3-9-20(10-4-17)26(24,25)23-12-2-11-22(13-14-23)16-19-7-5-18(15-21)6-8-19/h3-10H,2,11-14,16H2,1H3. The van der Waals surface area contributed by atoms with Crippen LogP contribution >= 0.6 is 0 Å². The van der Waals surface area contributed by atoms with E-state index in [1.165, 1.54) is 0 Å². The third-order valence-corrected chi connectivity index (χ3v) is 6.61. The third kappa shape index (κ3) is 4.31. The van der Waals surface area contributed by atoms with Crippen molar-refractivity contribution in [3.05, 3.63) is 65.2 Å². The van der Waals surface area contributed by atoms with Gasteiger partial charge in [0, 0.05) is 26.2 Å². The molecule has 3 rings (SSSR count). The first-order valence-electron chi connectivity index (χ1n) is 8.77. The predicted octanol–water partition coefficient (Wildman–Crippen LogP) is 2.76. The molecule has 1 aliphatic heterocycles. The van der Waals surface area contributed by atoms with E-state index in [1.54, 1.807) is 16.4 Å². The molecule has 0 radical (unpaired) electrons. The predicted molar refractivity (Wildman–Crippen MR) is 101 cm³/mol. The summed E-state index contributed by atoms with van der Waals surface area (Å²) < 4.78 is 27.3. The Morgan fingerprint density at radius 3 is 2.31 bits per heavy atom. The molecule has 0 atom stereocenters. The second-order valence-corrected chi connectivity index (χ2v) is 8.59. The van der Waals surface area contributed by atoms with E-state index in [2.05, 4.69) is 11.0 Å². The molecular weight excluding hydrogens is 346 g/mol. The Bertz CT molecular complexity index is 884. The fourth-order valence-corrected chi connectivity index (χ4v) is 4.62. The van der Waals surface area contributed by atoms with Crippen LogP contribution in [0.4, 0.5) is 0 Å². The molecule has 26 heavy (non-hydrogen) atoms. The van der Waals surface area contributed by atoms with Crippen molar-refractivity contribution in [1.82, 2.24) is 9.21 Å². The molecule has 2 aromatic rings. The Kier molecular flexibility index (Phi) is 5.72. The summed E-state index contributed by atoms with van der Waals surface area (Å²) in [5, 5.41) is 8.88. The van der Waals surface area contributed by atoms with Gasteiger partial charge < -0.3 is 0 Å². The van der Waals surface area contributed by atoms with Crippen LogP contribution in [0.3, 0.4) is 0 Å². The highest BCUT2D eigenvalue weighted by Crippen LogP contribution is 2.19. The lowest BCUT2D eigenvalue weighted by Gasteiger charge is -2.22. The Labute approximate surface area is 155 Å². The summed E-state index contributed by atoms with van der Waals surface area (Å²) in [5.74, 6) is 0. The average Bonchev–Trinajstić information content (AvgIpc) is 2.89. The largest absolute Gasteiger partial charge is 0.298 e. The second-order valence-electron chi connectivity index (χ2n) is 6.66. The van der Waals surface area contributed by atoms with Gasteiger partial charge in [-0.1, -0.05) is 29.8 Å². The van der Waals surface area contributed by atoms with E-state index in [1.807, 2.05) is 43.3 Å². The van der Waals surface area contributed by atoms with Crippen LogP contribution < -0.4 is 0 Å². The van der Waals surface area contributed by atoms with Gasteiger partial charge in [-0.05, 0) is 49.7 Å². The Hall–Kier alpha value is -2.20. The number of nitrogens with zero attached hydrogens (tertiary/aromatic N) is 3. The van der Waals surface area contributed by atoms with Crippen molar-refractivity contribution in [2.75, 3.05) is 26.2 Å². The van der Waals surface area contributed by atoms with Crippen LogP contribution in [-0.2, 0) is 16.6 Å². The first-order chi connectivity index (χ1) is 12.5. The normalized spacial score (nSPS) is 16.8. The summed E-state index contributed by atoms with van der Waals surface area (Å²) >= 11 is 0. The quantitative estimate of drug-likeness (QED) is 0.831. The van der Waals surface area contributed by atoms with Gasteiger partial charge in [0.1, 0.15) is 0 Å². The molecule has 0 amide bonds. The molecule has 0 bridgehead atoms. The summed E-state index contributed by atoms with van der Waals surface area (Å²) in [6.07, 6.45) is 0.807. The molecule has 1 aliphatic rings. The molecule has 0 aromatic heterocycles. The van der Waals surface area contributed by atoms with Crippen LogP contribution in [0.5, 0.6) is 0 Å². The number of rotatable bonds is 4. The molecule has 5 nitrogen and oxygen atoms in total. The highest BCUT2D eigenvalue weighted by Gasteiger charge is 2.26. The molecule has 0 spiro atoms. The molecule has 136 valence electrons. The molecule has 1 saturated heterocycles.